The Morgan fingerprint density at radius 2 is 1.87 bits per heavy atom. The lowest BCUT2D eigenvalue weighted by molar-refractivity contribution is -0.120. The predicted octanol–water partition coefficient (Wildman–Crippen LogP) is 3.65. The number of carbonyl (C=O) groups excluding carboxylic acids is 2. The first-order valence-electron chi connectivity index (χ1n) is 10.3. The van der Waals surface area contributed by atoms with Gasteiger partial charge in [-0.2, -0.15) is 0 Å². The quantitative estimate of drug-likeness (QED) is 0.719. The van der Waals surface area contributed by atoms with E-state index in [2.05, 4.69) is 0 Å². The van der Waals surface area contributed by atoms with E-state index in [0.717, 1.165) is 18.4 Å². The van der Waals surface area contributed by atoms with E-state index in [0.29, 0.717) is 46.4 Å². The lowest BCUT2D eigenvalue weighted by Gasteiger charge is -2.34. The van der Waals surface area contributed by atoms with Crippen molar-refractivity contribution in [2.24, 2.45) is 5.92 Å². The van der Waals surface area contributed by atoms with Crippen LogP contribution in [-0.4, -0.2) is 48.6 Å². The highest BCUT2D eigenvalue weighted by atomic mass is 35.5. The van der Waals surface area contributed by atoms with E-state index in [1.165, 1.54) is 4.90 Å². The summed E-state index contributed by atoms with van der Waals surface area (Å²) in [6, 6.07) is 12.3. The first-order chi connectivity index (χ1) is 14.9. The average Bonchev–Trinajstić information content (AvgIpc) is 3.05. The summed E-state index contributed by atoms with van der Waals surface area (Å²) in [7, 11) is 1.58. The fraction of sp³-hybridized carbons (Fsp3) is 0.333. The number of imide groups is 1. The molecule has 1 atom stereocenters. The molecule has 162 valence electrons. The molecular formula is C24H25ClN2O4. The number of benzene rings is 2. The number of hydrogen-bond donors (Lipinski definition) is 1. The molecule has 6 nitrogen and oxygen atoms in total. The maximum atomic E-state index is 13.7. The van der Waals surface area contributed by atoms with Crippen LogP contribution in [-0.2, 0) is 9.59 Å². The van der Waals surface area contributed by atoms with Crippen molar-refractivity contribution in [2.45, 2.75) is 19.8 Å². The summed E-state index contributed by atoms with van der Waals surface area (Å²) < 4.78 is 5.24. The van der Waals surface area contributed by atoms with Crippen LogP contribution in [0.25, 0.3) is 5.57 Å². The molecule has 2 aromatic rings. The van der Waals surface area contributed by atoms with Gasteiger partial charge in [0.25, 0.3) is 11.8 Å². The molecule has 1 saturated heterocycles. The molecule has 1 N–H and O–H groups in total. The molecule has 2 aliphatic rings. The summed E-state index contributed by atoms with van der Waals surface area (Å²) in [6.45, 7) is 3.10. The second-order valence-electron chi connectivity index (χ2n) is 7.97. The predicted molar refractivity (Wildman–Crippen MR) is 120 cm³/mol. The number of methoxy groups -OCH3 is 1. The van der Waals surface area contributed by atoms with Crippen LogP contribution >= 0.6 is 11.6 Å². The second-order valence-corrected chi connectivity index (χ2v) is 8.40. The van der Waals surface area contributed by atoms with E-state index in [1.807, 2.05) is 11.8 Å². The normalized spacial score (nSPS) is 19.4. The first kappa shape index (κ1) is 21.4. The number of piperidine rings is 1. The Kier molecular flexibility index (Phi) is 6.03. The molecule has 2 aromatic carbocycles. The van der Waals surface area contributed by atoms with E-state index in [1.54, 1.807) is 49.6 Å². The number of aliphatic hydroxyl groups is 1. The zero-order valence-corrected chi connectivity index (χ0v) is 18.4. The Morgan fingerprint density at radius 1 is 1.13 bits per heavy atom. The van der Waals surface area contributed by atoms with E-state index in [-0.39, 0.29) is 24.3 Å². The minimum Gasteiger partial charge on any atom is -0.497 e. The number of ether oxygens (including phenoxy) is 1. The Hall–Kier alpha value is -2.83. The van der Waals surface area contributed by atoms with Crippen molar-refractivity contribution in [3.8, 4) is 5.75 Å². The van der Waals surface area contributed by atoms with Gasteiger partial charge >= 0.3 is 0 Å². The molecule has 2 amide bonds. The summed E-state index contributed by atoms with van der Waals surface area (Å²) in [5, 5.41) is 10.1. The lowest BCUT2D eigenvalue weighted by Crippen LogP contribution is -2.40. The second kappa shape index (κ2) is 8.73. The molecule has 1 fully saturated rings. The number of carbonyl (C=O) groups is 2. The fourth-order valence-corrected chi connectivity index (χ4v) is 4.46. The molecule has 2 aliphatic heterocycles. The van der Waals surface area contributed by atoms with E-state index in [4.69, 9.17) is 16.3 Å². The van der Waals surface area contributed by atoms with Crippen molar-refractivity contribution in [1.82, 2.24) is 4.90 Å². The van der Waals surface area contributed by atoms with Gasteiger partial charge in [0.2, 0.25) is 0 Å². The molecule has 1 unspecified atom stereocenters. The SMILES string of the molecule is COc1ccc(C2=C(N3CCCC(CO)C3)C(=O)N(c3cc(Cl)ccc3C)C2=O)cc1. The molecule has 2 heterocycles. The van der Waals surface area contributed by atoms with Gasteiger partial charge in [-0.25, -0.2) is 4.90 Å². The third-order valence-corrected chi connectivity index (χ3v) is 6.18. The number of hydrogen-bond acceptors (Lipinski definition) is 5. The third kappa shape index (κ3) is 3.93. The minimum absolute atomic E-state index is 0.0565. The van der Waals surface area contributed by atoms with Gasteiger partial charge in [0.05, 0.1) is 18.4 Å². The molecule has 0 aliphatic carbocycles. The Balaban J connectivity index is 1.83. The van der Waals surface area contributed by atoms with E-state index >= 15 is 0 Å². The number of halogens is 1. The maximum Gasteiger partial charge on any atom is 0.282 e. The van der Waals surface area contributed by atoms with Crippen molar-refractivity contribution >= 4 is 34.7 Å². The molecule has 0 radical (unpaired) electrons. The number of aryl methyl sites for hydroxylation is 1. The van der Waals surface area contributed by atoms with Crippen LogP contribution in [0.5, 0.6) is 5.75 Å². The topological polar surface area (TPSA) is 70.1 Å². The smallest absolute Gasteiger partial charge is 0.282 e. The zero-order chi connectivity index (χ0) is 22.1. The van der Waals surface area contributed by atoms with Crippen molar-refractivity contribution in [3.63, 3.8) is 0 Å². The summed E-state index contributed by atoms with van der Waals surface area (Å²) in [5.74, 6) is 0.00758. The summed E-state index contributed by atoms with van der Waals surface area (Å²) >= 11 is 6.19. The molecule has 0 bridgehead atoms. The minimum atomic E-state index is -0.373. The van der Waals surface area contributed by atoms with Crippen molar-refractivity contribution in [2.75, 3.05) is 31.7 Å². The number of anilines is 1. The highest BCUT2D eigenvalue weighted by molar-refractivity contribution is 6.45. The van der Waals surface area contributed by atoms with Gasteiger partial charge in [-0.3, -0.25) is 9.59 Å². The number of amides is 2. The Labute approximate surface area is 186 Å². The molecule has 31 heavy (non-hydrogen) atoms. The van der Waals surface area contributed by atoms with Crippen LogP contribution < -0.4 is 9.64 Å². The monoisotopic (exact) mass is 440 g/mol. The lowest BCUT2D eigenvalue weighted by atomic mass is 9.97. The van der Waals surface area contributed by atoms with Crippen LogP contribution in [0.15, 0.2) is 48.2 Å². The molecule has 0 saturated carbocycles. The number of aliphatic hydroxyl groups excluding tert-OH is 1. The van der Waals surface area contributed by atoms with Gasteiger partial charge in [-0.05, 0) is 61.1 Å². The van der Waals surface area contributed by atoms with Crippen LogP contribution in [0, 0.1) is 12.8 Å². The molecular weight excluding hydrogens is 416 g/mol. The van der Waals surface area contributed by atoms with Gasteiger partial charge in [0.15, 0.2) is 0 Å². The molecule has 4 rings (SSSR count). The highest BCUT2D eigenvalue weighted by Crippen LogP contribution is 2.38. The maximum absolute atomic E-state index is 13.7. The fourth-order valence-electron chi connectivity index (χ4n) is 4.29. The first-order valence-corrected chi connectivity index (χ1v) is 10.7. The number of likely N-dealkylation sites (tertiary alicyclic amines) is 1. The Morgan fingerprint density at radius 3 is 2.55 bits per heavy atom. The highest BCUT2D eigenvalue weighted by Gasteiger charge is 2.43. The standard InChI is InChI=1S/C24H25ClN2O4/c1-15-5-8-18(25)12-20(15)27-23(29)21(17-6-9-19(31-2)10-7-17)22(24(27)30)26-11-3-4-16(13-26)14-28/h5-10,12,16,28H,3-4,11,13-14H2,1-2H3. The zero-order valence-electron chi connectivity index (χ0n) is 17.6. The van der Waals surface area contributed by atoms with Gasteiger partial charge in [-0.15, -0.1) is 0 Å². The van der Waals surface area contributed by atoms with Gasteiger partial charge in [0.1, 0.15) is 11.4 Å². The van der Waals surface area contributed by atoms with Gasteiger partial charge in [-0.1, -0.05) is 29.8 Å². The van der Waals surface area contributed by atoms with Gasteiger partial charge in [0, 0.05) is 24.7 Å². The summed E-state index contributed by atoms with van der Waals surface area (Å²) in [5.41, 5.74) is 2.67. The van der Waals surface area contributed by atoms with Crippen LogP contribution in [0.2, 0.25) is 5.02 Å². The number of rotatable bonds is 5. The van der Waals surface area contributed by atoms with Crippen molar-refractivity contribution in [1.29, 1.82) is 0 Å². The molecule has 0 aromatic heterocycles. The molecule has 0 spiro atoms. The third-order valence-electron chi connectivity index (χ3n) is 5.94. The molecule has 7 heteroatoms. The largest absolute Gasteiger partial charge is 0.497 e. The average molecular weight is 441 g/mol. The summed E-state index contributed by atoms with van der Waals surface area (Å²) in [4.78, 5) is 30.5. The van der Waals surface area contributed by atoms with E-state index < -0.39 is 0 Å². The van der Waals surface area contributed by atoms with Crippen LogP contribution in [0.3, 0.4) is 0 Å². The summed E-state index contributed by atoms with van der Waals surface area (Å²) in [6.07, 6.45) is 1.75. The van der Waals surface area contributed by atoms with Crippen molar-refractivity contribution < 1.29 is 19.4 Å². The Bertz CT molecular complexity index is 1050. The number of nitrogens with zero attached hydrogens (tertiary/aromatic N) is 2. The van der Waals surface area contributed by atoms with Crippen molar-refractivity contribution in [3.05, 3.63) is 64.3 Å². The van der Waals surface area contributed by atoms with Crippen LogP contribution in [0.4, 0.5) is 5.69 Å². The van der Waals surface area contributed by atoms with E-state index in [9.17, 15) is 14.7 Å². The van der Waals surface area contributed by atoms with Gasteiger partial charge < -0.3 is 14.7 Å². The van der Waals surface area contributed by atoms with Crippen LogP contribution in [0.1, 0.15) is 24.0 Å².